The molecule has 2 aliphatic heterocycles. The summed E-state index contributed by atoms with van der Waals surface area (Å²) in [6.07, 6.45) is 0.237. The summed E-state index contributed by atoms with van der Waals surface area (Å²) in [6, 6.07) is 15.8. The van der Waals surface area contributed by atoms with Crippen LogP contribution in [0.3, 0.4) is 0 Å². The highest BCUT2D eigenvalue weighted by Gasteiger charge is 2.66. The molecule has 6 heteroatoms. The zero-order valence-corrected chi connectivity index (χ0v) is 16.1. The van der Waals surface area contributed by atoms with E-state index in [1.54, 1.807) is 48.5 Å². The second-order valence-corrected chi connectivity index (χ2v) is 8.38. The van der Waals surface area contributed by atoms with Crippen molar-refractivity contribution in [2.75, 3.05) is 4.90 Å². The van der Waals surface area contributed by atoms with E-state index in [2.05, 4.69) is 0 Å². The summed E-state index contributed by atoms with van der Waals surface area (Å²) >= 11 is 0. The number of hydrogen-bond donors (Lipinski definition) is 2. The van der Waals surface area contributed by atoms with Crippen LogP contribution in [0.2, 0.25) is 0 Å². The van der Waals surface area contributed by atoms with E-state index in [1.165, 1.54) is 4.90 Å². The minimum atomic E-state index is -1.50. The Hall–Kier alpha value is -2.70. The molecule has 1 aliphatic carbocycles. The van der Waals surface area contributed by atoms with Crippen LogP contribution < -0.4 is 4.90 Å². The van der Waals surface area contributed by atoms with Gasteiger partial charge >= 0.3 is 0 Å². The molecule has 1 saturated carbocycles. The van der Waals surface area contributed by atoms with Gasteiger partial charge < -0.3 is 14.9 Å². The lowest BCUT2D eigenvalue weighted by Crippen LogP contribution is -2.52. The summed E-state index contributed by atoms with van der Waals surface area (Å²) in [4.78, 5) is 27.7. The zero-order chi connectivity index (χ0) is 20.3. The number of amides is 2. The van der Waals surface area contributed by atoms with E-state index < -0.39 is 29.6 Å². The Balaban J connectivity index is 1.52. The van der Waals surface area contributed by atoms with Gasteiger partial charge in [0.15, 0.2) is 5.79 Å². The molecule has 5 rings (SSSR count). The fourth-order valence-corrected chi connectivity index (χ4v) is 5.43. The second kappa shape index (κ2) is 6.40. The van der Waals surface area contributed by atoms with Crippen molar-refractivity contribution in [1.82, 2.24) is 0 Å². The van der Waals surface area contributed by atoms with Crippen LogP contribution in [0.4, 0.5) is 5.69 Å². The molecular weight excluding hydrogens is 370 g/mol. The minimum Gasteiger partial charge on any atom is -0.508 e. The molecule has 2 aromatic rings. The van der Waals surface area contributed by atoms with Crippen molar-refractivity contribution in [1.29, 1.82) is 0 Å². The first-order valence-corrected chi connectivity index (χ1v) is 10.0. The van der Waals surface area contributed by atoms with Gasteiger partial charge in [-0.25, -0.2) is 0 Å². The van der Waals surface area contributed by atoms with E-state index in [9.17, 15) is 19.8 Å². The fraction of sp³-hybridized carbons (Fsp3) is 0.391. The minimum absolute atomic E-state index is 0.101. The molecule has 0 radical (unpaired) electrons. The predicted octanol–water partition coefficient (Wildman–Crippen LogP) is 3.00. The van der Waals surface area contributed by atoms with E-state index in [-0.39, 0.29) is 23.5 Å². The number of imide groups is 1. The number of nitrogens with zero attached hydrogens (tertiary/aromatic N) is 1. The van der Waals surface area contributed by atoms with Gasteiger partial charge in [0, 0.05) is 17.4 Å². The second-order valence-electron chi connectivity index (χ2n) is 8.38. The van der Waals surface area contributed by atoms with Crippen molar-refractivity contribution < 1.29 is 24.5 Å². The van der Waals surface area contributed by atoms with Gasteiger partial charge in [0.05, 0.1) is 23.6 Å². The lowest BCUT2D eigenvalue weighted by molar-refractivity contribution is -0.265. The van der Waals surface area contributed by atoms with Crippen molar-refractivity contribution in [3.63, 3.8) is 0 Å². The number of anilines is 1. The summed E-state index contributed by atoms with van der Waals surface area (Å²) < 4.78 is 6.08. The maximum absolute atomic E-state index is 13.3. The van der Waals surface area contributed by atoms with Crippen LogP contribution in [0.25, 0.3) is 0 Å². The lowest BCUT2D eigenvalue weighted by Gasteiger charge is -2.43. The Morgan fingerprint density at radius 3 is 2.41 bits per heavy atom. The lowest BCUT2D eigenvalue weighted by atomic mass is 9.65. The number of benzene rings is 2. The maximum Gasteiger partial charge on any atom is 0.238 e. The maximum atomic E-state index is 13.3. The molecule has 0 aromatic heterocycles. The highest BCUT2D eigenvalue weighted by molar-refractivity contribution is 6.22. The van der Waals surface area contributed by atoms with E-state index in [1.807, 2.05) is 13.0 Å². The standard InChI is InChI=1S/C23H23NO5/c1-13-11-16-20(22(27)24(21(16)26)14-7-3-2-4-8-14)17-12-19(29-23(13,17)28)15-9-5-6-10-18(15)25/h2-10,13,16-17,19-20,25,28H,11-12H2,1H3/t13-,16-,17-,19-,20-,23+/m0/s1. The van der Waals surface area contributed by atoms with E-state index >= 15 is 0 Å². The van der Waals surface area contributed by atoms with Crippen LogP contribution in [0.15, 0.2) is 54.6 Å². The van der Waals surface area contributed by atoms with Crippen molar-refractivity contribution in [2.24, 2.45) is 23.7 Å². The Labute approximate surface area is 168 Å². The molecule has 2 N–H and O–H groups in total. The summed E-state index contributed by atoms with van der Waals surface area (Å²) in [7, 11) is 0. The van der Waals surface area contributed by atoms with Gasteiger partial charge in [-0.3, -0.25) is 14.5 Å². The number of phenols is 1. The van der Waals surface area contributed by atoms with Crippen LogP contribution >= 0.6 is 0 Å². The largest absolute Gasteiger partial charge is 0.508 e. The molecular formula is C23H23NO5. The summed E-state index contributed by atoms with van der Waals surface area (Å²) in [6.45, 7) is 1.86. The molecule has 0 unspecified atom stereocenters. The molecule has 6 nitrogen and oxygen atoms in total. The molecule has 2 aromatic carbocycles. The first kappa shape index (κ1) is 18.3. The number of carbonyl (C=O) groups is 2. The highest BCUT2D eigenvalue weighted by Crippen LogP contribution is 2.58. The van der Waals surface area contributed by atoms with Gasteiger partial charge in [0.25, 0.3) is 0 Å². The monoisotopic (exact) mass is 393 g/mol. The number of aromatic hydroxyl groups is 1. The number of para-hydroxylation sites is 2. The third-order valence-electron chi connectivity index (χ3n) is 6.85. The number of rotatable bonds is 2. The van der Waals surface area contributed by atoms with Crippen molar-refractivity contribution in [3.05, 3.63) is 60.2 Å². The van der Waals surface area contributed by atoms with Crippen LogP contribution in [-0.4, -0.2) is 27.8 Å². The normalized spacial score (nSPS) is 36.2. The van der Waals surface area contributed by atoms with Crippen LogP contribution in [0.5, 0.6) is 5.75 Å². The van der Waals surface area contributed by atoms with E-state index in [0.717, 1.165) is 0 Å². The molecule has 3 fully saturated rings. The highest BCUT2D eigenvalue weighted by atomic mass is 16.6. The fourth-order valence-electron chi connectivity index (χ4n) is 5.43. The molecule has 2 saturated heterocycles. The van der Waals surface area contributed by atoms with Gasteiger partial charge in [0.2, 0.25) is 11.8 Å². The van der Waals surface area contributed by atoms with Crippen LogP contribution in [0.1, 0.15) is 31.4 Å². The van der Waals surface area contributed by atoms with Crippen molar-refractivity contribution in [2.45, 2.75) is 31.7 Å². The van der Waals surface area contributed by atoms with Gasteiger partial charge in [-0.15, -0.1) is 0 Å². The summed E-state index contributed by atoms with van der Waals surface area (Å²) in [5.74, 6) is -3.79. The average molecular weight is 393 g/mol. The van der Waals surface area contributed by atoms with Gasteiger partial charge in [-0.2, -0.15) is 0 Å². The number of ether oxygens (including phenoxy) is 1. The number of fused-ring (bicyclic) bond motifs is 3. The number of carbonyl (C=O) groups excluding carboxylic acids is 2. The molecule has 3 aliphatic rings. The molecule has 0 bridgehead atoms. The smallest absolute Gasteiger partial charge is 0.238 e. The summed E-state index contributed by atoms with van der Waals surface area (Å²) in [5.41, 5.74) is 1.15. The molecule has 2 heterocycles. The Morgan fingerprint density at radius 2 is 1.69 bits per heavy atom. The average Bonchev–Trinajstić information content (AvgIpc) is 3.18. The quantitative estimate of drug-likeness (QED) is 0.766. The molecule has 2 amide bonds. The van der Waals surface area contributed by atoms with Crippen molar-refractivity contribution >= 4 is 17.5 Å². The van der Waals surface area contributed by atoms with Gasteiger partial charge in [0.1, 0.15) is 5.75 Å². The van der Waals surface area contributed by atoms with E-state index in [4.69, 9.17) is 4.74 Å². The first-order chi connectivity index (χ1) is 13.9. The third-order valence-corrected chi connectivity index (χ3v) is 6.85. The van der Waals surface area contributed by atoms with Gasteiger partial charge in [-0.05, 0) is 31.0 Å². The molecule has 0 spiro atoms. The summed E-state index contributed by atoms with van der Waals surface area (Å²) in [5, 5.41) is 21.7. The first-order valence-electron chi connectivity index (χ1n) is 10.0. The Kier molecular flexibility index (Phi) is 4.05. The Morgan fingerprint density at radius 1 is 1.00 bits per heavy atom. The number of aliphatic hydroxyl groups is 1. The zero-order valence-electron chi connectivity index (χ0n) is 16.1. The molecule has 6 atom stereocenters. The molecule has 29 heavy (non-hydrogen) atoms. The van der Waals surface area contributed by atoms with Crippen LogP contribution in [0, 0.1) is 23.7 Å². The van der Waals surface area contributed by atoms with Crippen LogP contribution in [-0.2, 0) is 14.3 Å². The Bertz CT molecular complexity index is 976. The predicted molar refractivity (Wildman–Crippen MR) is 105 cm³/mol. The SMILES string of the molecule is C[C@H]1C[C@@H]2C(=O)N(c3ccccc3)C(=O)[C@@H]2[C@@H]2C[C@@H](c3ccccc3O)O[C@]12O. The van der Waals surface area contributed by atoms with E-state index in [0.29, 0.717) is 24.1 Å². The third kappa shape index (κ3) is 2.56. The number of hydrogen-bond acceptors (Lipinski definition) is 5. The topological polar surface area (TPSA) is 87.1 Å². The van der Waals surface area contributed by atoms with Crippen molar-refractivity contribution in [3.8, 4) is 5.75 Å². The molecule has 150 valence electrons. The number of phenolic OH excluding ortho intramolecular Hbond substituents is 1. The van der Waals surface area contributed by atoms with Gasteiger partial charge in [-0.1, -0.05) is 43.3 Å².